The summed E-state index contributed by atoms with van der Waals surface area (Å²) in [4.78, 5) is 13.2. The molecule has 8 aromatic carbocycles. The van der Waals surface area contributed by atoms with Crippen LogP contribution in [-0.2, 0) is 5.41 Å². The number of hydrogen-bond donors (Lipinski definition) is 0. The average molecular weight is 601 g/mol. The van der Waals surface area contributed by atoms with Gasteiger partial charge in [0, 0.05) is 16.5 Å². The van der Waals surface area contributed by atoms with Crippen molar-refractivity contribution in [3.8, 4) is 33.4 Å². The van der Waals surface area contributed by atoms with E-state index in [4.69, 9.17) is 0 Å². The fourth-order valence-corrected chi connectivity index (χ4v) is 8.05. The SMILES string of the molecule is CC1(C)c2ccccc2-c2ccc(-c3c4ccccc4c(-c4ccc(C(=O)c5ccccc5)cc4)c4ccccc34)c3cccc1c23. The molecule has 47 heavy (non-hydrogen) atoms. The summed E-state index contributed by atoms with van der Waals surface area (Å²) < 4.78 is 0. The molecule has 0 amide bonds. The first-order chi connectivity index (χ1) is 23.0. The summed E-state index contributed by atoms with van der Waals surface area (Å²) in [5.41, 5.74) is 11.5. The largest absolute Gasteiger partial charge is 0.289 e. The van der Waals surface area contributed by atoms with Gasteiger partial charge in [-0.15, -0.1) is 0 Å². The summed E-state index contributed by atoms with van der Waals surface area (Å²) in [6.07, 6.45) is 0. The van der Waals surface area contributed by atoms with Gasteiger partial charge in [-0.2, -0.15) is 0 Å². The Morgan fingerprint density at radius 2 is 0.915 bits per heavy atom. The van der Waals surface area contributed by atoms with Crippen molar-refractivity contribution >= 4 is 38.1 Å². The summed E-state index contributed by atoms with van der Waals surface area (Å²) in [5.74, 6) is 0.0378. The second-order valence-electron chi connectivity index (χ2n) is 13.2. The third-order valence-corrected chi connectivity index (χ3v) is 10.3. The second-order valence-corrected chi connectivity index (χ2v) is 13.2. The van der Waals surface area contributed by atoms with Crippen LogP contribution in [0.4, 0.5) is 0 Å². The van der Waals surface area contributed by atoms with Gasteiger partial charge in [0.2, 0.25) is 0 Å². The Hall–Kier alpha value is -5.79. The first kappa shape index (κ1) is 27.5. The number of benzene rings is 8. The predicted molar refractivity (Wildman–Crippen MR) is 197 cm³/mol. The van der Waals surface area contributed by atoms with Gasteiger partial charge in [-0.05, 0) is 76.8 Å². The minimum atomic E-state index is -0.107. The minimum absolute atomic E-state index is 0.0378. The first-order valence-electron chi connectivity index (χ1n) is 16.3. The average Bonchev–Trinajstić information content (AvgIpc) is 3.13. The molecular formula is C46H32O. The summed E-state index contributed by atoms with van der Waals surface area (Å²) in [6, 6.07) is 55.6. The maximum absolute atomic E-state index is 13.2. The van der Waals surface area contributed by atoms with Crippen LogP contribution >= 0.6 is 0 Å². The van der Waals surface area contributed by atoms with Crippen molar-refractivity contribution in [2.75, 3.05) is 0 Å². The van der Waals surface area contributed by atoms with Gasteiger partial charge in [0.1, 0.15) is 0 Å². The third-order valence-electron chi connectivity index (χ3n) is 10.3. The molecule has 1 aliphatic carbocycles. The third kappa shape index (κ3) is 4.06. The molecule has 0 saturated carbocycles. The maximum atomic E-state index is 13.2. The van der Waals surface area contributed by atoms with Gasteiger partial charge < -0.3 is 0 Å². The van der Waals surface area contributed by atoms with Crippen LogP contribution < -0.4 is 0 Å². The number of fused-ring (bicyclic) bond motifs is 4. The van der Waals surface area contributed by atoms with Crippen molar-refractivity contribution in [2.45, 2.75) is 19.3 Å². The molecule has 0 aromatic heterocycles. The molecule has 1 aliphatic rings. The van der Waals surface area contributed by atoms with Gasteiger partial charge in [-0.3, -0.25) is 4.79 Å². The zero-order valence-electron chi connectivity index (χ0n) is 26.4. The topological polar surface area (TPSA) is 17.1 Å². The van der Waals surface area contributed by atoms with E-state index in [2.05, 4.69) is 129 Å². The Kier molecular flexibility index (Phi) is 6.07. The van der Waals surface area contributed by atoms with E-state index in [1.54, 1.807) is 0 Å². The highest BCUT2D eigenvalue weighted by Gasteiger charge is 2.33. The molecule has 1 heteroatoms. The zero-order chi connectivity index (χ0) is 31.7. The Bertz CT molecular complexity index is 2480. The van der Waals surface area contributed by atoms with E-state index in [0.717, 1.165) is 5.56 Å². The molecule has 0 unspecified atom stereocenters. The van der Waals surface area contributed by atoms with E-state index in [1.165, 1.54) is 71.3 Å². The number of carbonyl (C=O) groups is 1. The molecule has 0 heterocycles. The normalized spacial score (nSPS) is 13.1. The van der Waals surface area contributed by atoms with Gasteiger partial charge in [-0.1, -0.05) is 172 Å². The predicted octanol–water partition coefficient (Wildman–Crippen LogP) is 12.0. The molecule has 0 saturated heterocycles. The minimum Gasteiger partial charge on any atom is -0.289 e. The van der Waals surface area contributed by atoms with E-state index >= 15 is 0 Å². The Morgan fingerprint density at radius 1 is 0.404 bits per heavy atom. The number of ketones is 1. The van der Waals surface area contributed by atoms with Crippen LogP contribution in [0.3, 0.4) is 0 Å². The van der Waals surface area contributed by atoms with Crippen LogP contribution in [0, 0.1) is 0 Å². The quantitative estimate of drug-likeness (QED) is 0.145. The van der Waals surface area contributed by atoms with Crippen LogP contribution in [0.25, 0.3) is 65.7 Å². The van der Waals surface area contributed by atoms with E-state index < -0.39 is 0 Å². The van der Waals surface area contributed by atoms with Crippen molar-refractivity contribution < 1.29 is 4.79 Å². The van der Waals surface area contributed by atoms with Crippen molar-refractivity contribution in [1.82, 2.24) is 0 Å². The Morgan fingerprint density at radius 3 is 1.60 bits per heavy atom. The van der Waals surface area contributed by atoms with E-state index in [1.807, 2.05) is 42.5 Å². The van der Waals surface area contributed by atoms with Gasteiger partial charge >= 0.3 is 0 Å². The number of hydrogen-bond acceptors (Lipinski definition) is 1. The fraction of sp³-hybridized carbons (Fsp3) is 0.0652. The molecule has 0 aliphatic heterocycles. The molecule has 0 atom stereocenters. The van der Waals surface area contributed by atoms with Crippen molar-refractivity contribution in [2.24, 2.45) is 0 Å². The standard InChI is InChI=1S/C46H32O/c1-46(2)40-21-11-10-15-32(40)38-27-28-39(37-20-12-22-41(46)44(37)38)43-35-18-8-6-16-33(35)42(34-17-7-9-19-36(34)43)29-23-25-31(26-24-29)45(47)30-13-4-3-5-14-30/h3-28H,1-2H3. The molecule has 0 radical (unpaired) electrons. The van der Waals surface area contributed by atoms with Crippen molar-refractivity contribution in [3.63, 3.8) is 0 Å². The molecule has 0 N–H and O–H groups in total. The monoisotopic (exact) mass is 600 g/mol. The van der Waals surface area contributed by atoms with Crippen LogP contribution in [-0.4, -0.2) is 5.78 Å². The molecule has 1 nitrogen and oxygen atoms in total. The van der Waals surface area contributed by atoms with Crippen LogP contribution in [0.5, 0.6) is 0 Å². The molecule has 0 bridgehead atoms. The van der Waals surface area contributed by atoms with Gasteiger partial charge in [0.25, 0.3) is 0 Å². The molecule has 222 valence electrons. The van der Waals surface area contributed by atoms with E-state index in [-0.39, 0.29) is 11.2 Å². The lowest BCUT2D eigenvalue weighted by atomic mass is 9.68. The zero-order valence-corrected chi connectivity index (χ0v) is 26.4. The van der Waals surface area contributed by atoms with Crippen molar-refractivity contribution in [1.29, 1.82) is 0 Å². The van der Waals surface area contributed by atoms with Crippen molar-refractivity contribution in [3.05, 3.63) is 180 Å². The highest BCUT2D eigenvalue weighted by molar-refractivity contribution is 6.24. The Labute approximate surface area is 274 Å². The maximum Gasteiger partial charge on any atom is 0.193 e. The highest BCUT2D eigenvalue weighted by Crippen LogP contribution is 2.52. The summed E-state index contributed by atoms with van der Waals surface area (Å²) in [7, 11) is 0. The highest BCUT2D eigenvalue weighted by atomic mass is 16.1. The second kappa shape index (κ2) is 10.4. The summed E-state index contributed by atoms with van der Waals surface area (Å²) in [6.45, 7) is 4.71. The van der Waals surface area contributed by atoms with Gasteiger partial charge in [0.15, 0.2) is 5.78 Å². The molecular weight excluding hydrogens is 569 g/mol. The van der Waals surface area contributed by atoms with Crippen LogP contribution in [0.2, 0.25) is 0 Å². The lowest BCUT2D eigenvalue weighted by Gasteiger charge is -2.35. The fourth-order valence-electron chi connectivity index (χ4n) is 8.05. The molecule has 9 rings (SSSR count). The Balaban J connectivity index is 1.30. The summed E-state index contributed by atoms with van der Waals surface area (Å²) >= 11 is 0. The molecule has 0 spiro atoms. The molecule has 8 aromatic rings. The van der Waals surface area contributed by atoms with Crippen LogP contribution in [0.1, 0.15) is 40.9 Å². The molecule has 0 fully saturated rings. The first-order valence-corrected chi connectivity index (χ1v) is 16.3. The summed E-state index contributed by atoms with van der Waals surface area (Å²) in [5, 5.41) is 7.49. The van der Waals surface area contributed by atoms with E-state index in [0.29, 0.717) is 11.1 Å². The lowest BCUT2D eigenvalue weighted by molar-refractivity contribution is 0.103. The van der Waals surface area contributed by atoms with Crippen LogP contribution in [0.15, 0.2) is 158 Å². The number of rotatable bonds is 4. The van der Waals surface area contributed by atoms with Gasteiger partial charge in [0.05, 0.1) is 0 Å². The smallest absolute Gasteiger partial charge is 0.193 e. The van der Waals surface area contributed by atoms with Gasteiger partial charge in [-0.25, -0.2) is 0 Å². The number of carbonyl (C=O) groups excluding carboxylic acids is 1. The van der Waals surface area contributed by atoms with E-state index in [9.17, 15) is 4.79 Å². The lowest BCUT2D eigenvalue weighted by Crippen LogP contribution is -2.23.